The highest BCUT2D eigenvalue weighted by Crippen LogP contribution is 2.17. The summed E-state index contributed by atoms with van der Waals surface area (Å²) in [4.78, 5) is 15.2. The van der Waals surface area contributed by atoms with Crippen molar-refractivity contribution in [2.75, 3.05) is 6.54 Å². The summed E-state index contributed by atoms with van der Waals surface area (Å²) in [6, 6.07) is 7.81. The summed E-state index contributed by atoms with van der Waals surface area (Å²) in [6.07, 6.45) is -0.131. The van der Waals surface area contributed by atoms with E-state index in [2.05, 4.69) is 10.1 Å². The Labute approximate surface area is 116 Å². The smallest absolute Gasteiger partial charge is 0.302 e. The maximum Gasteiger partial charge on any atom is 0.302 e. The van der Waals surface area contributed by atoms with Crippen molar-refractivity contribution in [2.24, 2.45) is 5.73 Å². The molecule has 0 fully saturated rings. The number of nitrogens with two attached hydrogens (primary N) is 1. The molecule has 106 valence electrons. The lowest BCUT2D eigenvalue weighted by Crippen LogP contribution is -2.28. The fourth-order valence-electron chi connectivity index (χ4n) is 1.76. The van der Waals surface area contributed by atoms with Gasteiger partial charge in [0.25, 0.3) is 0 Å². The highest BCUT2D eigenvalue weighted by molar-refractivity contribution is 5.66. The van der Waals surface area contributed by atoms with E-state index in [-0.39, 0.29) is 12.5 Å². The summed E-state index contributed by atoms with van der Waals surface area (Å²) in [6.45, 7) is 3.56. The summed E-state index contributed by atoms with van der Waals surface area (Å²) in [5.41, 5.74) is 7.58. The molecule has 0 amide bonds. The molecule has 0 bridgehead atoms. The molecule has 20 heavy (non-hydrogen) atoms. The Hall–Kier alpha value is -2.21. The number of carbonyl (C=O) groups is 1. The van der Waals surface area contributed by atoms with Crippen LogP contribution >= 0.6 is 0 Å². The van der Waals surface area contributed by atoms with Crippen LogP contribution in [0.15, 0.2) is 28.8 Å². The van der Waals surface area contributed by atoms with Crippen LogP contribution in [0.4, 0.5) is 0 Å². The quantitative estimate of drug-likeness (QED) is 0.831. The van der Waals surface area contributed by atoms with Crippen molar-refractivity contribution in [3.05, 3.63) is 35.7 Å². The van der Waals surface area contributed by atoms with E-state index in [9.17, 15) is 4.79 Å². The summed E-state index contributed by atoms with van der Waals surface area (Å²) < 4.78 is 10.2. The molecule has 0 spiro atoms. The highest BCUT2D eigenvalue weighted by Gasteiger charge is 2.16. The molecule has 0 aliphatic rings. The second kappa shape index (κ2) is 6.29. The third-order valence-electron chi connectivity index (χ3n) is 2.78. The van der Waals surface area contributed by atoms with E-state index < -0.39 is 6.10 Å². The molecule has 1 aromatic carbocycles. The molecule has 1 unspecified atom stereocenters. The number of aryl methyl sites for hydroxylation is 1. The third kappa shape index (κ3) is 3.64. The van der Waals surface area contributed by atoms with Gasteiger partial charge in [0.2, 0.25) is 11.7 Å². The SMILES string of the molecule is CC(=O)OC(CN)Cc1nc(-c2ccc(C)cc2)no1. The van der Waals surface area contributed by atoms with Crippen LogP contribution in [0.25, 0.3) is 11.4 Å². The van der Waals surface area contributed by atoms with Crippen molar-refractivity contribution in [1.82, 2.24) is 10.1 Å². The number of esters is 1. The van der Waals surface area contributed by atoms with Gasteiger partial charge in [0.1, 0.15) is 6.10 Å². The topological polar surface area (TPSA) is 91.2 Å². The first kappa shape index (κ1) is 14.2. The number of rotatable bonds is 5. The number of nitrogens with zero attached hydrogens (tertiary/aromatic N) is 2. The fourth-order valence-corrected chi connectivity index (χ4v) is 1.76. The Kier molecular flexibility index (Phi) is 4.47. The van der Waals surface area contributed by atoms with Crippen molar-refractivity contribution in [1.29, 1.82) is 0 Å². The van der Waals surface area contributed by atoms with E-state index in [0.717, 1.165) is 11.1 Å². The first-order valence-corrected chi connectivity index (χ1v) is 6.35. The third-order valence-corrected chi connectivity index (χ3v) is 2.78. The van der Waals surface area contributed by atoms with Crippen molar-refractivity contribution in [3.63, 3.8) is 0 Å². The van der Waals surface area contributed by atoms with E-state index >= 15 is 0 Å². The van der Waals surface area contributed by atoms with Gasteiger partial charge in [0, 0.05) is 19.0 Å². The van der Waals surface area contributed by atoms with E-state index in [4.69, 9.17) is 15.0 Å². The number of aromatic nitrogens is 2. The van der Waals surface area contributed by atoms with Gasteiger partial charge in [-0.05, 0) is 6.92 Å². The van der Waals surface area contributed by atoms with E-state index in [1.165, 1.54) is 6.92 Å². The number of carbonyl (C=O) groups excluding carboxylic acids is 1. The molecule has 0 aliphatic carbocycles. The molecule has 6 nitrogen and oxygen atoms in total. The molecule has 0 aliphatic heterocycles. The van der Waals surface area contributed by atoms with Gasteiger partial charge in [0.15, 0.2) is 0 Å². The second-order valence-corrected chi connectivity index (χ2v) is 4.55. The maximum atomic E-state index is 10.9. The van der Waals surface area contributed by atoms with E-state index in [1.807, 2.05) is 31.2 Å². The van der Waals surface area contributed by atoms with Gasteiger partial charge in [-0.25, -0.2) is 0 Å². The molecule has 1 atom stereocenters. The van der Waals surface area contributed by atoms with Crippen molar-refractivity contribution >= 4 is 5.97 Å². The summed E-state index contributed by atoms with van der Waals surface area (Å²) in [7, 11) is 0. The zero-order valence-corrected chi connectivity index (χ0v) is 11.5. The molecule has 0 saturated carbocycles. The molecule has 2 aromatic rings. The number of ether oxygens (including phenoxy) is 1. The highest BCUT2D eigenvalue weighted by atomic mass is 16.5. The molecule has 6 heteroatoms. The largest absolute Gasteiger partial charge is 0.461 e. The molecule has 0 radical (unpaired) electrons. The lowest BCUT2D eigenvalue weighted by molar-refractivity contribution is -0.145. The summed E-state index contributed by atoms with van der Waals surface area (Å²) in [5, 5.41) is 3.92. The average molecular weight is 275 g/mol. The van der Waals surface area contributed by atoms with Crippen LogP contribution in [0.1, 0.15) is 18.4 Å². The summed E-state index contributed by atoms with van der Waals surface area (Å²) in [5.74, 6) is 0.537. The second-order valence-electron chi connectivity index (χ2n) is 4.55. The standard InChI is InChI=1S/C14H17N3O3/c1-9-3-5-11(6-4-9)14-16-13(20-17-14)7-12(8-15)19-10(2)18/h3-6,12H,7-8,15H2,1-2H3. The van der Waals surface area contributed by atoms with Crippen LogP contribution in [0, 0.1) is 6.92 Å². The number of hydrogen-bond acceptors (Lipinski definition) is 6. The summed E-state index contributed by atoms with van der Waals surface area (Å²) >= 11 is 0. The van der Waals surface area contributed by atoms with Crippen molar-refractivity contribution < 1.29 is 14.1 Å². The zero-order chi connectivity index (χ0) is 14.5. The molecule has 0 saturated heterocycles. The van der Waals surface area contributed by atoms with Gasteiger partial charge in [-0.15, -0.1) is 0 Å². The van der Waals surface area contributed by atoms with Crippen LogP contribution in [0.5, 0.6) is 0 Å². The predicted molar refractivity (Wildman–Crippen MR) is 72.8 cm³/mol. The molecule has 1 heterocycles. The van der Waals surface area contributed by atoms with Gasteiger partial charge in [0.05, 0.1) is 6.42 Å². The first-order chi connectivity index (χ1) is 9.58. The maximum absolute atomic E-state index is 10.9. The van der Waals surface area contributed by atoms with Gasteiger partial charge < -0.3 is 15.0 Å². The molecule has 2 rings (SSSR count). The number of benzene rings is 1. The fraction of sp³-hybridized carbons (Fsp3) is 0.357. The van der Waals surface area contributed by atoms with Crippen LogP contribution in [0.3, 0.4) is 0 Å². The predicted octanol–water partition coefficient (Wildman–Crippen LogP) is 1.48. The lowest BCUT2D eigenvalue weighted by atomic mass is 10.1. The van der Waals surface area contributed by atoms with Gasteiger partial charge in [-0.3, -0.25) is 4.79 Å². The van der Waals surface area contributed by atoms with Crippen molar-refractivity contribution in [2.45, 2.75) is 26.4 Å². The zero-order valence-electron chi connectivity index (χ0n) is 11.5. The van der Waals surface area contributed by atoms with Crippen molar-refractivity contribution in [3.8, 4) is 11.4 Å². The minimum absolute atomic E-state index is 0.210. The molecular weight excluding hydrogens is 258 g/mol. The van der Waals surface area contributed by atoms with Crippen LogP contribution in [0.2, 0.25) is 0 Å². The Morgan fingerprint density at radius 1 is 1.40 bits per heavy atom. The Balaban J connectivity index is 2.08. The first-order valence-electron chi connectivity index (χ1n) is 6.35. The Morgan fingerprint density at radius 3 is 2.70 bits per heavy atom. The van der Waals surface area contributed by atoms with Gasteiger partial charge >= 0.3 is 5.97 Å². The normalized spacial score (nSPS) is 12.2. The average Bonchev–Trinajstić information content (AvgIpc) is 2.87. The minimum Gasteiger partial charge on any atom is -0.461 e. The van der Waals surface area contributed by atoms with Gasteiger partial charge in [-0.2, -0.15) is 4.98 Å². The monoisotopic (exact) mass is 275 g/mol. The molecule has 1 aromatic heterocycles. The van der Waals surface area contributed by atoms with Crippen LogP contribution in [-0.2, 0) is 16.0 Å². The van der Waals surface area contributed by atoms with E-state index in [1.54, 1.807) is 0 Å². The van der Waals surface area contributed by atoms with Gasteiger partial charge in [-0.1, -0.05) is 35.0 Å². The van der Waals surface area contributed by atoms with Crippen LogP contribution < -0.4 is 5.73 Å². The minimum atomic E-state index is -0.446. The molecule has 2 N–H and O–H groups in total. The van der Waals surface area contributed by atoms with Crippen LogP contribution in [-0.4, -0.2) is 28.8 Å². The Bertz CT molecular complexity index is 578. The molecular formula is C14H17N3O3. The number of hydrogen-bond donors (Lipinski definition) is 1. The van der Waals surface area contributed by atoms with E-state index in [0.29, 0.717) is 18.1 Å². The lowest BCUT2D eigenvalue weighted by Gasteiger charge is -2.11. The Morgan fingerprint density at radius 2 is 2.10 bits per heavy atom.